The molecule has 1 N–H and O–H groups in total. The SMILES string of the molecule is Cn1c(SCC(=O)Nc2ccc(Cl)cn2)nnc1-c1cc(-c2ccccc2)nc2ccccc12. The number of halogens is 1. The number of pyridine rings is 2. The first-order valence-electron chi connectivity index (χ1n) is 10.5. The summed E-state index contributed by atoms with van der Waals surface area (Å²) in [5.41, 5.74) is 3.70. The van der Waals surface area contributed by atoms with Gasteiger partial charge in [0.25, 0.3) is 0 Å². The fraction of sp³-hybridized carbons (Fsp3) is 0.0800. The highest BCUT2D eigenvalue weighted by molar-refractivity contribution is 7.99. The van der Waals surface area contributed by atoms with E-state index in [0.717, 1.165) is 27.7 Å². The lowest BCUT2D eigenvalue weighted by molar-refractivity contribution is -0.113. The van der Waals surface area contributed by atoms with Gasteiger partial charge < -0.3 is 9.88 Å². The molecule has 0 fully saturated rings. The van der Waals surface area contributed by atoms with Crippen molar-refractivity contribution in [3.63, 3.8) is 0 Å². The van der Waals surface area contributed by atoms with Crippen LogP contribution in [0.15, 0.2) is 84.1 Å². The average molecular weight is 487 g/mol. The summed E-state index contributed by atoms with van der Waals surface area (Å²) in [5, 5.41) is 13.7. The number of aromatic nitrogens is 5. The van der Waals surface area contributed by atoms with Crippen molar-refractivity contribution in [1.82, 2.24) is 24.7 Å². The molecule has 0 saturated heterocycles. The number of nitrogens with one attached hydrogen (secondary N) is 1. The number of carbonyl (C=O) groups excluding carboxylic acids is 1. The van der Waals surface area contributed by atoms with Crippen molar-refractivity contribution >= 4 is 46.0 Å². The van der Waals surface area contributed by atoms with E-state index in [4.69, 9.17) is 16.6 Å². The van der Waals surface area contributed by atoms with Crippen LogP contribution in [0.5, 0.6) is 0 Å². The third kappa shape index (κ3) is 4.64. The standard InChI is InChI=1S/C25H19ClN6OS/c1-32-24(30-31-25(32)34-15-23(33)29-22-12-11-17(26)14-27-22)19-13-21(16-7-3-2-4-8-16)28-20-10-6-5-9-18(19)20/h2-14H,15H2,1H3,(H,27,29,33). The second-order valence-corrected chi connectivity index (χ2v) is 8.88. The summed E-state index contributed by atoms with van der Waals surface area (Å²) in [6.07, 6.45) is 1.49. The number of hydrogen-bond acceptors (Lipinski definition) is 6. The van der Waals surface area contributed by atoms with Crippen molar-refractivity contribution in [2.75, 3.05) is 11.1 Å². The van der Waals surface area contributed by atoms with Gasteiger partial charge in [0.05, 0.1) is 22.0 Å². The molecule has 0 aliphatic rings. The molecule has 1 amide bonds. The molecular formula is C25H19ClN6OS. The van der Waals surface area contributed by atoms with Crippen LogP contribution in [0.3, 0.4) is 0 Å². The molecule has 5 rings (SSSR count). The Balaban J connectivity index is 1.42. The maximum atomic E-state index is 12.4. The molecule has 5 aromatic rings. The van der Waals surface area contributed by atoms with Crippen LogP contribution in [0.4, 0.5) is 5.82 Å². The van der Waals surface area contributed by atoms with Crippen LogP contribution in [0.1, 0.15) is 0 Å². The number of para-hydroxylation sites is 1. The van der Waals surface area contributed by atoms with Gasteiger partial charge in [0, 0.05) is 29.8 Å². The summed E-state index contributed by atoms with van der Waals surface area (Å²) in [6.45, 7) is 0. The van der Waals surface area contributed by atoms with Gasteiger partial charge in [-0.2, -0.15) is 0 Å². The quantitative estimate of drug-likeness (QED) is 0.320. The van der Waals surface area contributed by atoms with Gasteiger partial charge in [0.1, 0.15) is 5.82 Å². The number of thioether (sulfide) groups is 1. The van der Waals surface area contributed by atoms with Crippen molar-refractivity contribution in [1.29, 1.82) is 0 Å². The van der Waals surface area contributed by atoms with Crippen LogP contribution in [0, 0.1) is 0 Å². The zero-order chi connectivity index (χ0) is 23.5. The number of carbonyl (C=O) groups is 1. The molecule has 0 bridgehead atoms. The summed E-state index contributed by atoms with van der Waals surface area (Å²) >= 11 is 7.15. The Hall–Kier alpha value is -3.75. The van der Waals surface area contributed by atoms with E-state index >= 15 is 0 Å². The van der Waals surface area contributed by atoms with Crippen LogP contribution in [0.2, 0.25) is 5.02 Å². The topological polar surface area (TPSA) is 85.6 Å². The monoisotopic (exact) mass is 486 g/mol. The normalized spacial score (nSPS) is 11.0. The molecule has 0 atom stereocenters. The molecular weight excluding hydrogens is 468 g/mol. The van der Waals surface area contributed by atoms with Crippen LogP contribution >= 0.6 is 23.4 Å². The molecule has 3 aromatic heterocycles. The Labute approximate surface area is 205 Å². The number of hydrogen-bond donors (Lipinski definition) is 1. The minimum atomic E-state index is -0.190. The predicted octanol–water partition coefficient (Wildman–Crippen LogP) is 5.48. The first-order chi connectivity index (χ1) is 16.6. The minimum Gasteiger partial charge on any atom is -0.310 e. The molecule has 0 unspecified atom stereocenters. The average Bonchev–Trinajstić information content (AvgIpc) is 3.24. The maximum absolute atomic E-state index is 12.4. The number of amides is 1. The maximum Gasteiger partial charge on any atom is 0.236 e. The van der Waals surface area contributed by atoms with Gasteiger partial charge >= 0.3 is 0 Å². The molecule has 7 nitrogen and oxygen atoms in total. The Morgan fingerprint density at radius 3 is 2.62 bits per heavy atom. The molecule has 2 aromatic carbocycles. The van der Waals surface area contributed by atoms with Crippen LogP contribution in [-0.2, 0) is 11.8 Å². The first-order valence-corrected chi connectivity index (χ1v) is 11.8. The number of fused-ring (bicyclic) bond motifs is 1. The fourth-order valence-electron chi connectivity index (χ4n) is 3.55. The van der Waals surface area contributed by atoms with Gasteiger partial charge in [-0.05, 0) is 24.3 Å². The summed E-state index contributed by atoms with van der Waals surface area (Å²) < 4.78 is 1.90. The second-order valence-electron chi connectivity index (χ2n) is 7.50. The van der Waals surface area contributed by atoms with Gasteiger partial charge in [-0.3, -0.25) is 4.79 Å². The van der Waals surface area contributed by atoms with E-state index < -0.39 is 0 Å². The molecule has 0 aliphatic heterocycles. The molecule has 9 heteroatoms. The van der Waals surface area contributed by atoms with Crippen LogP contribution in [-0.4, -0.2) is 36.4 Å². The predicted molar refractivity (Wildman–Crippen MR) is 136 cm³/mol. The van der Waals surface area contributed by atoms with E-state index in [0.29, 0.717) is 21.8 Å². The third-order valence-corrected chi connectivity index (χ3v) is 6.43. The van der Waals surface area contributed by atoms with E-state index in [1.807, 2.05) is 72.3 Å². The van der Waals surface area contributed by atoms with Crippen LogP contribution in [0.25, 0.3) is 33.5 Å². The smallest absolute Gasteiger partial charge is 0.236 e. The highest BCUT2D eigenvalue weighted by atomic mass is 35.5. The Bertz CT molecular complexity index is 1470. The highest BCUT2D eigenvalue weighted by Gasteiger charge is 2.17. The molecule has 0 aliphatic carbocycles. The van der Waals surface area contributed by atoms with E-state index in [1.165, 1.54) is 18.0 Å². The number of benzene rings is 2. The Morgan fingerprint density at radius 1 is 1.03 bits per heavy atom. The molecule has 3 heterocycles. The first kappa shape index (κ1) is 22.1. The van der Waals surface area contributed by atoms with Gasteiger partial charge in [0.2, 0.25) is 5.91 Å². The Morgan fingerprint density at radius 2 is 1.82 bits per heavy atom. The number of nitrogens with zero attached hydrogens (tertiary/aromatic N) is 5. The van der Waals surface area contributed by atoms with Crippen LogP contribution < -0.4 is 5.32 Å². The lowest BCUT2D eigenvalue weighted by Gasteiger charge is -2.10. The summed E-state index contributed by atoms with van der Waals surface area (Å²) in [6, 6.07) is 23.4. The highest BCUT2D eigenvalue weighted by Crippen LogP contribution is 2.32. The lowest BCUT2D eigenvalue weighted by Crippen LogP contribution is -2.15. The number of rotatable bonds is 6. The van der Waals surface area contributed by atoms with Crippen molar-refractivity contribution < 1.29 is 4.79 Å². The van der Waals surface area contributed by atoms with Gasteiger partial charge in [-0.15, -0.1) is 10.2 Å². The van der Waals surface area contributed by atoms with Crippen molar-refractivity contribution in [3.8, 4) is 22.6 Å². The zero-order valence-corrected chi connectivity index (χ0v) is 19.7. The largest absolute Gasteiger partial charge is 0.310 e. The van der Waals surface area contributed by atoms with Crippen molar-refractivity contribution in [2.24, 2.45) is 7.05 Å². The molecule has 34 heavy (non-hydrogen) atoms. The summed E-state index contributed by atoms with van der Waals surface area (Å²) in [5.74, 6) is 1.14. The van der Waals surface area contributed by atoms with Gasteiger partial charge in [0.15, 0.2) is 11.0 Å². The van der Waals surface area contributed by atoms with E-state index in [-0.39, 0.29) is 11.7 Å². The molecule has 0 saturated carbocycles. The molecule has 168 valence electrons. The zero-order valence-electron chi connectivity index (χ0n) is 18.1. The summed E-state index contributed by atoms with van der Waals surface area (Å²) in [4.78, 5) is 21.3. The van der Waals surface area contributed by atoms with E-state index in [2.05, 4.69) is 20.5 Å². The summed E-state index contributed by atoms with van der Waals surface area (Å²) in [7, 11) is 1.90. The fourth-order valence-corrected chi connectivity index (χ4v) is 4.37. The lowest BCUT2D eigenvalue weighted by atomic mass is 10.0. The van der Waals surface area contributed by atoms with Crippen molar-refractivity contribution in [2.45, 2.75) is 5.16 Å². The third-order valence-electron chi connectivity index (χ3n) is 5.19. The number of anilines is 1. The van der Waals surface area contributed by atoms with E-state index in [9.17, 15) is 4.79 Å². The minimum absolute atomic E-state index is 0.169. The van der Waals surface area contributed by atoms with Gasteiger partial charge in [-0.1, -0.05) is 71.9 Å². The molecule has 0 spiro atoms. The molecule has 0 radical (unpaired) electrons. The van der Waals surface area contributed by atoms with Crippen molar-refractivity contribution in [3.05, 3.63) is 84.0 Å². The van der Waals surface area contributed by atoms with E-state index in [1.54, 1.807) is 12.1 Å². The second kappa shape index (κ2) is 9.62. The van der Waals surface area contributed by atoms with Gasteiger partial charge in [-0.25, -0.2) is 9.97 Å². The Kier molecular flexibility index (Phi) is 6.24.